The Bertz CT molecular complexity index is 280. The monoisotopic (exact) mass is 275 g/mol. The van der Waals surface area contributed by atoms with E-state index in [1.54, 1.807) is 16.7 Å². The second-order valence-electron chi connectivity index (χ2n) is 5.93. The molecule has 0 spiro atoms. The van der Waals surface area contributed by atoms with Crippen molar-refractivity contribution in [2.75, 3.05) is 25.1 Å². The van der Waals surface area contributed by atoms with Gasteiger partial charge in [0.2, 0.25) is 0 Å². The summed E-state index contributed by atoms with van der Waals surface area (Å²) in [7, 11) is 0. The Morgan fingerprint density at radius 3 is 2.39 bits per heavy atom. The van der Waals surface area contributed by atoms with Crippen molar-refractivity contribution in [2.45, 2.75) is 51.2 Å². The molecule has 1 amide bonds. The van der Waals surface area contributed by atoms with Crippen LogP contribution in [0.25, 0.3) is 0 Å². The predicted molar refractivity (Wildman–Crippen MR) is 75.0 cm³/mol. The molecule has 1 N–H and O–H groups in total. The van der Waals surface area contributed by atoms with Crippen LogP contribution < -0.4 is 0 Å². The maximum Gasteiger partial charge on any atom is 0.410 e. The van der Waals surface area contributed by atoms with Crippen molar-refractivity contribution >= 4 is 17.9 Å². The van der Waals surface area contributed by atoms with Crippen LogP contribution in [0.1, 0.15) is 40.0 Å². The van der Waals surface area contributed by atoms with Gasteiger partial charge in [0.05, 0.1) is 5.60 Å². The van der Waals surface area contributed by atoms with Gasteiger partial charge >= 0.3 is 6.09 Å². The van der Waals surface area contributed by atoms with E-state index in [1.807, 2.05) is 27.0 Å². The Kier molecular flexibility index (Phi) is 5.34. The van der Waals surface area contributed by atoms with Crippen LogP contribution in [-0.2, 0) is 4.74 Å². The number of nitrogens with zero attached hydrogens (tertiary/aromatic N) is 1. The van der Waals surface area contributed by atoms with E-state index in [1.165, 1.54) is 0 Å². The van der Waals surface area contributed by atoms with E-state index < -0.39 is 11.2 Å². The lowest BCUT2D eigenvalue weighted by atomic mass is 9.89. The molecule has 0 radical (unpaired) electrons. The third-order valence-electron chi connectivity index (χ3n) is 3.12. The minimum Gasteiger partial charge on any atom is -0.444 e. The Hall–Kier alpha value is -0.420. The molecule has 0 aromatic heterocycles. The average molecular weight is 275 g/mol. The lowest BCUT2D eigenvalue weighted by Crippen LogP contribution is -2.48. The molecule has 106 valence electrons. The number of aliphatic hydroxyl groups is 1. The summed E-state index contributed by atoms with van der Waals surface area (Å²) in [5, 5.41) is 10.3. The van der Waals surface area contributed by atoms with Gasteiger partial charge < -0.3 is 14.7 Å². The Balaban J connectivity index is 2.41. The number of thioether (sulfide) groups is 1. The van der Waals surface area contributed by atoms with Gasteiger partial charge in [-0.2, -0.15) is 11.8 Å². The van der Waals surface area contributed by atoms with Gasteiger partial charge in [0.25, 0.3) is 0 Å². The summed E-state index contributed by atoms with van der Waals surface area (Å²) in [4.78, 5) is 13.6. The van der Waals surface area contributed by atoms with Crippen molar-refractivity contribution in [1.82, 2.24) is 4.90 Å². The van der Waals surface area contributed by atoms with Crippen LogP contribution in [0.2, 0.25) is 0 Å². The second kappa shape index (κ2) is 6.15. The molecule has 4 nitrogen and oxygen atoms in total. The smallest absolute Gasteiger partial charge is 0.410 e. The lowest BCUT2D eigenvalue weighted by Gasteiger charge is -2.38. The summed E-state index contributed by atoms with van der Waals surface area (Å²) in [6, 6.07) is 0. The van der Waals surface area contributed by atoms with E-state index >= 15 is 0 Å². The van der Waals surface area contributed by atoms with Crippen molar-refractivity contribution in [1.29, 1.82) is 0 Å². The highest BCUT2D eigenvalue weighted by molar-refractivity contribution is 7.98. The van der Waals surface area contributed by atoms with Gasteiger partial charge in [-0.3, -0.25) is 0 Å². The van der Waals surface area contributed by atoms with E-state index in [4.69, 9.17) is 4.74 Å². The molecule has 0 atom stereocenters. The van der Waals surface area contributed by atoms with Crippen LogP contribution in [0, 0.1) is 0 Å². The fourth-order valence-corrected chi connectivity index (χ4v) is 2.56. The second-order valence-corrected chi connectivity index (χ2v) is 6.92. The summed E-state index contributed by atoms with van der Waals surface area (Å²) >= 11 is 1.74. The number of ether oxygens (including phenoxy) is 1. The molecule has 0 saturated carbocycles. The molecule has 0 aliphatic carbocycles. The summed E-state index contributed by atoms with van der Waals surface area (Å²) in [5.74, 6) is 0.961. The zero-order chi connectivity index (χ0) is 13.8. The molecule has 18 heavy (non-hydrogen) atoms. The van der Waals surface area contributed by atoms with Crippen molar-refractivity contribution in [3.63, 3.8) is 0 Å². The van der Waals surface area contributed by atoms with E-state index in [0.717, 1.165) is 12.2 Å². The first-order valence-electron chi connectivity index (χ1n) is 6.45. The SMILES string of the molecule is CSCCC1(O)CCN(C(=O)OC(C)(C)C)CC1. The molecule has 0 aromatic rings. The fraction of sp³-hybridized carbons (Fsp3) is 0.923. The summed E-state index contributed by atoms with van der Waals surface area (Å²) < 4.78 is 5.33. The maximum absolute atomic E-state index is 11.9. The zero-order valence-corrected chi connectivity index (χ0v) is 12.7. The summed E-state index contributed by atoms with van der Waals surface area (Å²) in [6.45, 7) is 6.76. The van der Waals surface area contributed by atoms with Crippen molar-refractivity contribution in [3.05, 3.63) is 0 Å². The lowest BCUT2D eigenvalue weighted by molar-refractivity contribution is -0.0331. The normalized spacial score (nSPS) is 19.7. The number of hydrogen-bond donors (Lipinski definition) is 1. The van der Waals surface area contributed by atoms with E-state index in [-0.39, 0.29) is 6.09 Å². The maximum atomic E-state index is 11.9. The molecule has 1 heterocycles. The Labute approximate surface area is 114 Å². The number of amides is 1. The summed E-state index contributed by atoms with van der Waals surface area (Å²) in [6.07, 6.45) is 3.86. The molecule has 1 saturated heterocycles. The van der Waals surface area contributed by atoms with E-state index in [9.17, 15) is 9.90 Å². The predicted octanol–water partition coefficient (Wildman–Crippen LogP) is 2.50. The van der Waals surface area contributed by atoms with Crippen molar-refractivity contribution in [3.8, 4) is 0 Å². The highest BCUT2D eigenvalue weighted by Gasteiger charge is 2.34. The van der Waals surface area contributed by atoms with Gasteiger partial charge in [-0.15, -0.1) is 0 Å². The number of hydrogen-bond acceptors (Lipinski definition) is 4. The number of carbonyl (C=O) groups excluding carboxylic acids is 1. The number of likely N-dealkylation sites (tertiary alicyclic amines) is 1. The van der Waals surface area contributed by atoms with Gasteiger partial charge in [0.15, 0.2) is 0 Å². The first kappa shape index (κ1) is 15.6. The van der Waals surface area contributed by atoms with Gasteiger partial charge in [-0.05, 0) is 52.0 Å². The minimum absolute atomic E-state index is 0.269. The van der Waals surface area contributed by atoms with Crippen LogP contribution in [-0.4, -0.2) is 52.4 Å². The standard InChI is InChI=1S/C13H25NO3S/c1-12(2,3)17-11(15)14-8-5-13(16,6-9-14)7-10-18-4/h16H,5-10H2,1-4H3. The first-order chi connectivity index (χ1) is 8.26. The molecule has 1 aliphatic heterocycles. The van der Waals surface area contributed by atoms with Gasteiger partial charge in [-0.25, -0.2) is 4.79 Å². The number of rotatable bonds is 3. The molecule has 1 aliphatic rings. The number of piperidine rings is 1. The van der Waals surface area contributed by atoms with E-state index in [0.29, 0.717) is 25.9 Å². The van der Waals surface area contributed by atoms with Crippen molar-refractivity contribution in [2.24, 2.45) is 0 Å². The quantitative estimate of drug-likeness (QED) is 0.860. The van der Waals surface area contributed by atoms with E-state index in [2.05, 4.69) is 0 Å². The van der Waals surface area contributed by atoms with Crippen LogP contribution >= 0.6 is 11.8 Å². The molecular formula is C13H25NO3S. The molecule has 1 rings (SSSR count). The highest BCUT2D eigenvalue weighted by Crippen LogP contribution is 2.27. The molecule has 0 aromatic carbocycles. The molecule has 0 unspecified atom stereocenters. The third kappa shape index (κ3) is 5.06. The summed E-state index contributed by atoms with van der Waals surface area (Å²) in [5.41, 5.74) is -1.05. The van der Waals surface area contributed by atoms with Gasteiger partial charge in [0, 0.05) is 13.1 Å². The minimum atomic E-state index is -0.596. The Morgan fingerprint density at radius 1 is 1.39 bits per heavy atom. The molecule has 1 fully saturated rings. The highest BCUT2D eigenvalue weighted by atomic mass is 32.2. The first-order valence-corrected chi connectivity index (χ1v) is 7.84. The van der Waals surface area contributed by atoms with Gasteiger partial charge in [0.1, 0.15) is 5.60 Å². The van der Waals surface area contributed by atoms with Crippen LogP contribution in [0.5, 0.6) is 0 Å². The van der Waals surface area contributed by atoms with Crippen LogP contribution in [0.15, 0.2) is 0 Å². The molecular weight excluding hydrogens is 250 g/mol. The largest absolute Gasteiger partial charge is 0.444 e. The fourth-order valence-electron chi connectivity index (χ4n) is 1.97. The molecule has 0 bridgehead atoms. The van der Waals surface area contributed by atoms with Crippen LogP contribution in [0.4, 0.5) is 4.79 Å². The zero-order valence-electron chi connectivity index (χ0n) is 11.9. The van der Waals surface area contributed by atoms with Crippen molar-refractivity contribution < 1.29 is 14.6 Å². The number of carbonyl (C=O) groups is 1. The Morgan fingerprint density at radius 2 is 1.94 bits per heavy atom. The average Bonchev–Trinajstić information content (AvgIpc) is 2.25. The molecule has 5 heteroatoms. The topological polar surface area (TPSA) is 49.8 Å². The van der Waals surface area contributed by atoms with Crippen LogP contribution in [0.3, 0.4) is 0 Å². The van der Waals surface area contributed by atoms with Gasteiger partial charge in [-0.1, -0.05) is 0 Å². The third-order valence-corrected chi connectivity index (χ3v) is 3.73.